The van der Waals surface area contributed by atoms with Crippen LogP contribution >= 0.6 is 0 Å². The molecule has 0 aliphatic carbocycles. The molecule has 7 heteroatoms. The zero-order chi connectivity index (χ0) is 8.36. The fraction of sp³-hybridized carbons (Fsp3) is 0.667. The number of hydrogen-bond donors (Lipinski definition) is 0. The van der Waals surface area contributed by atoms with Gasteiger partial charge in [-0.3, -0.25) is 10.5 Å². The Hall–Kier alpha value is -0.430. The van der Waals surface area contributed by atoms with E-state index in [1.54, 1.807) is 0 Å². The lowest BCUT2D eigenvalue weighted by Crippen LogP contribution is -2.30. The molecule has 3 nitrogen and oxygen atoms in total. The van der Waals surface area contributed by atoms with Crippen molar-refractivity contribution in [3.8, 4) is 0 Å². The molecule has 1 radical (unpaired) electrons. The Balaban J connectivity index is 3.85. The Kier molecular flexibility index (Phi) is 2.97. The highest BCUT2D eigenvalue weighted by Crippen LogP contribution is 2.23. The normalized spacial score (nSPS) is 14.8. The van der Waals surface area contributed by atoms with Gasteiger partial charge in [0, 0.05) is 0 Å². The molecule has 1 N–H and O–H groups in total. The molecule has 1 atom stereocenters. The first-order chi connectivity index (χ1) is 4.34. The Morgan fingerprint density at radius 2 is 2.00 bits per heavy atom. The van der Waals surface area contributed by atoms with Crippen molar-refractivity contribution in [2.24, 2.45) is 0 Å². The van der Waals surface area contributed by atoms with E-state index >= 15 is 0 Å². The topological polar surface area (TPSA) is 63.9 Å². The lowest BCUT2D eigenvalue weighted by atomic mass is 10.8. The van der Waals surface area contributed by atoms with E-state index in [0.717, 1.165) is 0 Å². The third-order valence-corrected chi connectivity index (χ3v) is 1.56. The Morgan fingerprint density at radius 1 is 1.60 bits per heavy atom. The molecular weight excluding hydrogens is 171 g/mol. The molecule has 59 valence electrons. The van der Waals surface area contributed by atoms with Crippen molar-refractivity contribution in [3.05, 3.63) is 0 Å². The van der Waals surface area contributed by atoms with Crippen LogP contribution in [0.4, 0.5) is 13.2 Å². The van der Waals surface area contributed by atoms with Gasteiger partial charge < -0.3 is 4.55 Å². The predicted octanol–water partition coefficient (Wildman–Crippen LogP) is 0.0644. The summed E-state index contributed by atoms with van der Waals surface area (Å²) in [6.07, 6.45) is 0. The van der Waals surface area contributed by atoms with E-state index in [2.05, 4.69) is 0 Å². The second-order valence-corrected chi connectivity index (χ2v) is 2.80. The molecular formula is C3H3F3NO2S. The molecule has 0 saturated carbocycles. The SMILES string of the molecule is [NH]C(=O)C[S+]([O-])C(F)(F)F. The quantitative estimate of drug-likeness (QED) is 0.556. The molecule has 0 heterocycles. The summed E-state index contributed by atoms with van der Waals surface area (Å²) < 4.78 is 43.7. The standard InChI is InChI=1S/C3H3F3NO2S/c4-3(5,6)10(9)1-2(7)8/h7H,1H2. The average molecular weight is 174 g/mol. The van der Waals surface area contributed by atoms with Crippen LogP contribution in [0.15, 0.2) is 0 Å². The Morgan fingerprint density at radius 3 is 2.10 bits per heavy atom. The van der Waals surface area contributed by atoms with E-state index in [1.807, 2.05) is 0 Å². The monoisotopic (exact) mass is 174 g/mol. The van der Waals surface area contributed by atoms with Crippen LogP contribution in [0.3, 0.4) is 0 Å². The van der Waals surface area contributed by atoms with Crippen LogP contribution in [-0.4, -0.2) is 21.7 Å². The maximum atomic E-state index is 11.3. The van der Waals surface area contributed by atoms with E-state index in [-0.39, 0.29) is 0 Å². The van der Waals surface area contributed by atoms with E-state index in [4.69, 9.17) is 5.73 Å². The van der Waals surface area contributed by atoms with E-state index in [0.29, 0.717) is 0 Å². The molecule has 1 amide bonds. The third-order valence-electron chi connectivity index (χ3n) is 0.520. The van der Waals surface area contributed by atoms with Crippen LogP contribution in [0.2, 0.25) is 0 Å². The van der Waals surface area contributed by atoms with Crippen LogP contribution in [0.5, 0.6) is 0 Å². The average Bonchev–Trinajstić information content (AvgIpc) is 1.60. The van der Waals surface area contributed by atoms with Crippen LogP contribution < -0.4 is 5.73 Å². The molecule has 0 fully saturated rings. The van der Waals surface area contributed by atoms with Crippen molar-refractivity contribution >= 4 is 17.1 Å². The zero-order valence-corrected chi connectivity index (χ0v) is 5.38. The molecule has 0 aliphatic rings. The van der Waals surface area contributed by atoms with Crippen molar-refractivity contribution in [2.75, 3.05) is 5.75 Å². The molecule has 0 aromatic heterocycles. The summed E-state index contributed by atoms with van der Waals surface area (Å²) in [5.74, 6) is -2.75. The van der Waals surface area contributed by atoms with Gasteiger partial charge in [-0.2, -0.15) is 0 Å². The van der Waals surface area contributed by atoms with Crippen molar-refractivity contribution in [1.29, 1.82) is 0 Å². The maximum Gasteiger partial charge on any atom is 0.573 e. The highest BCUT2D eigenvalue weighted by Gasteiger charge is 2.45. The molecule has 0 spiro atoms. The summed E-state index contributed by atoms with van der Waals surface area (Å²) in [5.41, 5.74) is 1.18. The Labute approximate surface area is 57.6 Å². The second-order valence-electron chi connectivity index (χ2n) is 1.36. The summed E-state index contributed by atoms with van der Waals surface area (Å²) in [5, 5.41) is 0. The Bertz CT molecular complexity index is 136. The number of nitrogens with one attached hydrogen (secondary N) is 1. The highest BCUT2D eigenvalue weighted by molar-refractivity contribution is 7.92. The first-order valence-electron chi connectivity index (χ1n) is 2.03. The molecule has 0 aromatic carbocycles. The molecule has 10 heavy (non-hydrogen) atoms. The molecule has 0 aromatic rings. The third kappa shape index (κ3) is 3.57. The van der Waals surface area contributed by atoms with Gasteiger partial charge in [0.1, 0.15) is 0 Å². The number of carbonyl (C=O) groups is 1. The fourth-order valence-corrected chi connectivity index (χ4v) is 0.603. The number of alkyl halides is 3. The number of amides is 1. The van der Waals surface area contributed by atoms with Crippen LogP contribution in [0.25, 0.3) is 0 Å². The van der Waals surface area contributed by atoms with Gasteiger partial charge in [-0.25, -0.2) is 0 Å². The molecule has 1 unspecified atom stereocenters. The minimum atomic E-state index is -4.88. The van der Waals surface area contributed by atoms with Gasteiger partial charge >= 0.3 is 5.51 Å². The maximum absolute atomic E-state index is 11.3. The predicted molar refractivity (Wildman–Crippen MR) is 27.2 cm³/mol. The summed E-state index contributed by atoms with van der Waals surface area (Å²) >= 11 is -3.20. The summed E-state index contributed by atoms with van der Waals surface area (Å²) in [4.78, 5) is 9.67. The van der Waals surface area contributed by atoms with Gasteiger partial charge in [-0.1, -0.05) is 0 Å². The van der Waals surface area contributed by atoms with Crippen LogP contribution in [0.1, 0.15) is 0 Å². The largest absolute Gasteiger partial charge is 0.609 e. The number of halogens is 3. The molecule has 0 bridgehead atoms. The van der Waals surface area contributed by atoms with Gasteiger partial charge in [0.05, 0.1) is 11.2 Å². The highest BCUT2D eigenvalue weighted by atomic mass is 32.2. The van der Waals surface area contributed by atoms with Gasteiger partial charge in [-0.15, -0.1) is 13.2 Å². The minimum Gasteiger partial charge on any atom is -0.609 e. The first kappa shape index (κ1) is 9.57. The van der Waals surface area contributed by atoms with Gasteiger partial charge in [-0.05, 0) is 0 Å². The van der Waals surface area contributed by atoms with Gasteiger partial charge in [0.15, 0.2) is 5.75 Å². The van der Waals surface area contributed by atoms with E-state index in [9.17, 15) is 22.5 Å². The molecule has 0 saturated heterocycles. The number of hydrogen-bond acceptors (Lipinski definition) is 2. The van der Waals surface area contributed by atoms with Crippen LogP contribution in [0, 0.1) is 0 Å². The van der Waals surface area contributed by atoms with Gasteiger partial charge in [0.2, 0.25) is 0 Å². The zero-order valence-electron chi connectivity index (χ0n) is 4.57. The summed E-state index contributed by atoms with van der Waals surface area (Å²) in [7, 11) is 0. The van der Waals surface area contributed by atoms with Crippen molar-refractivity contribution in [2.45, 2.75) is 5.51 Å². The number of rotatable bonds is 2. The minimum absolute atomic E-state index is 1.27. The second kappa shape index (κ2) is 3.11. The summed E-state index contributed by atoms with van der Waals surface area (Å²) in [6.45, 7) is 0. The first-order valence-corrected chi connectivity index (χ1v) is 3.35. The van der Waals surface area contributed by atoms with Crippen molar-refractivity contribution in [3.63, 3.8) is 0 Å². The lowest BCUT2D eigenvalue weighted by Gasteiger charge is -2.09. The fourth-order valence-electron chi connectivity index (χ4n) is 0.201. The van der Waals surface area contributed by atoms with Crippen molar-refractivity contribution < 1.29 is 22.5 Å². The van der Waals surface area contributed by atoms with Gasteiger partial charge in [0.25, 0.3) is 5.91 Å². The number of carbonyl (C=O) groups excluding carboxylic acids is 1. The lowest BCUT2D eigenvalue weighted by molar-refractivity contribution is -0.116. The van der Waals surface area contributed by atoms with E-state index in [1.165, 1.54) is 0 Å². The smallest absolute Gasteiger partial charge is 0.573 e. The van der Waals surface area contributed by atoms with Crippen molar-refractivity contribution in [1.82, 2.24) is 5.73 Å². The molecule has 0 aliphatic heterocycles. The van der Waals surface area contributed by atoms with E-state index < -0.39 is 28.3 Å². The summed E-state index contributed by atoms with van der Waals surface area (Å²) in [6, 6.07) is 0. The van der Waals surface area contributed by atoms with Crippen LogP contribution in [-0.2, 0) is 16.0 Å². The molecule has 0 rings (SSSR count).